The summed E-state index contributed by atoms with van der Waals surface area (Å²) in [6, 6.07) is 19.8. The van der Waals surface area contributed by atoms with Crippen LogP contribution in [0.3, 0.4) is 0 Å². The molecule has 0 N–H and O–H groups in total. The lowest BCUT2D eigenvalue weighted by Gasteiger charge is -2.40. The molecule has 0 aliphatic carbocycles. The van der Waals surface area contributed by atoms with Gasteiger partial charge in [0.15, 0.2) is 14.6 Å². The van der Waals surface area contributed by atoms with E-state index in [9.17, 15) is 4.79 Å². The first-order valence-electron chi connectivity index (χ1n) is 10.1. The number of benzene rings is 2. The molecular formula is C24H34O4Si. The van der Waals surface area contributed by atoms with Crippen LogP contribution in [0.1, 0.15) is 31.9 Å². The molecule has 158 valence electrons. The van der Waals surface area contributed by atoms with Gasteiger partial charge in [-0.25, -0.2) is 0 Å². The van der Waals surface area contributed by atoms with Gasteiger partial charge in [0.1, 0.15) is 12.2 Å². The van der Waals surface area contributed by atoms with E-state index in [0.29, 0.717) is 19.8 Å². The zero-order valence-electron chi connectivity index (χ0n) is 18.3. The van der Waals surface area contributed by atoms with Crippen LogP contribution >= 0.6 is 0 Å². The minimum absolute atomic E-state index is 0.0253. The molecule has 5 heteroatoms. The third-order valence-electron chi connectivity index (χ3n) is 5.43. The van der Waals surface area contributed by atoms with Gasteiger partial charge in [0.2, 0.25) is 0 Å². The maximum atomic E-state index is 11.9. The molecule has 2 rings (SSSR count). The Bertz CT molecular complexity index is 726. The van der Waals surface area contributed by atoms with E-state index < -0.39 is 20.5 Å². The average Bonchev–Trinajstić information content (AvgIpc) is 2.69. The Balaban J connectivity index is 2.07. The lowest BCUT2D eigenvalue weighted by atomic mass is 10.2. The highest BCUT2D eigenvalue weighted by atomic mass is 28.4. The van der Waals surface area contributed by atoms with Crippen LogP contribution in [-0.4, -0.2) is 33.4 Å². The van der Waals surface area contributed by atoms with Gasteiger partial charge in [-0.2, -0.15) is 0 Å². The van der Waals surface area contributed by atoms with Crippen molar-refractivity contribution in [2.75, 3.05) is 6.61 Å². The van der Waals surface area contributed by atoms with Crippen molar-refractivity contribution in [3.05, 3.63) is 71.8 Å². The minimum Gasteiger partial charge on any atom is -0.408 e. The van der Waals surface area contributed by atoms with Gasteiger partial charge in [0.25, 0.3) is 0 Å². The van der Waals surface area contributed by atoms with E-state index in [2.05, 4.69) is 33.9 Å². The summed E-state index contributed by atoms with van der Waals surface area (Å²) in [5.41, 5.74) is 2.11. The van der Waals surface area contributed by atoms with Crippen molar-refractivity contribution in [3.8, 4) is 0 Å². The van der Waals surface area contributed by atoms with Crippen LogP contribution in [0.2, 0.25) is 18.1 Å². The zero-order valence-corrected chi connectivity index (χ0v) is 19.3. The first-order valence-corrected chi connectivity index (χ1v) is 13.0. The fourth-order valence-electron chi connectivity index (χ4n) is 2.62. The molecule has 0 saturated carbocycles. The first kappa shape index (κ1) is 23.5. The van der Waals surface area contributed by atoms with Crippen molar-refractivity contribution in [3.63, 3.8) is 0 Å². The summed E-state index contributed by atoms with van der Waals surface area (Å²) in [6.45, 7) is 12.0. The van der Waals surface area contributed by atoms with Crippen molar-refractivity contribution in [2.45, 2.75) is 64.3 Å². The van der Waals surface area contributed by atoms with E-state index >= 15 is 0 Å². The second-order valence-corrected chi connectivity index (χ2v) is 13.6. The van der Waals surface area contributed by atoms with Crippen molar-refractivity contribution in [1.82, 2.24) is 0 Å². The maximum Gasteiger partial charge on any atom is 0.192 e. The van der Waals surface area contributed by atoms with Gasteiger partial charge in [-0.15, -0.1) is 0 Å². The van der Waals surface area contributed by atoms with Gasteiger partial charge in [0.05, 0.1) is 19.8 Å². The van der Waals surface area contributed by atoms with Gasteiger partial charge in [-0.1, -0.05) is 81.4 Å². The molecule has 0 heterocycles. The van der Waals surface area contributed by atoms with Crippen molar-refractivity contribution >= 4 is 14.6 Å². The largest absolute Gasteiger partial charge is 0.408 e. The van der Waals surface area contributed by atoms with Crippen molar-refractivity contribution < 1.29 is 18.7 Å². The molecule has 2 aromatic carbocycles. The second-order valence-electron chi connectivity index (χ2n) is 8.81. The second kappa shape index (κ2) is 10.8. The number of hydrogen-bond donors (Lipinski definition) is 0. The number of ether oxygens (including phenoxy) is 2. The molecule has 0 saturated heterocycles. The van der Waals surface area contributed by atoms with E-state index in [1.165, 1.54) is 0 Å². The van der Waals surface area contributed by atoms with Crippen molar-refractivity contribution in [1.29, 1.82) is 0 Å². The summed E-state index contributed by atoms with van der Waals surface area (Å²) in [5, 5.41) is 0.0253. The maximum absolute atomic E-state index is 11.9. The molecule has 0 unspecified atom stereocenters. The molecule has 0 aromatic heterocycles. The third-order valence-corrected chi connectivity index (χ3v) is 9.94. The molecule has 0 aliphatic rings. The molecule has 29 heavy (non-hydrogen) atoms. The van der Waals surface area contributed by atoms with Gasteiger partial charge < -0.3 is 18.7 Å². The van der Waals surface area contributed by atoms with Gasteiger partial charge in [-0.3, -0.25) is 0 Å². The first-order chi connectivity index (χ1) is 13.7. The van der Waals surface area contributed by atoms with Crippen LogP contribution in [0, 0.1) is 0 Å². The molecular weight excluding hydrogens is 380 g/mol. The molecule has 0 radical (unpaired) electrons. The Kier molecular flexibility index (Phi) is 8.77. The highest BCUT2D eigenvalue weighted by Crippen LogP contribution is 2.37. The molecule has 0 spiro atoms. The summed E-state index contributed by atoms with van der Waals surface area (Å²) in [7, 11) is -2.10. The molecule has 4 nitrogen and oxygen atoms in total. The summed E-state index contributed by atoms with van der Waals surface area (Å²) < 4.78 is 18.4. The summed E-state index contributed by atoms with van der Waals surface area (Å²) >= 11 is 0. The Morgan fingerprint density at radius 1 is 0.897 bits per heavy atom. The smallest absolute Gasteiger partial charge is 0.192 e. The Labute approximate surface area is 176 Å². The molecule has 0 bridgehead atoms. The lowest BCUT2D eigenvalue weighted by Crippen LogP contribution is -2.49. The molecule has 2 aromatic rings. The highest BCUT2D eigenvalue weighted by Gasteiger charge is 2.41. The molecule has 0 amide bonds. The Morgan fingerprint density at radius 2 is 1.41 bits per heavy atom. The van der Waals surface area contributed by atoms with Crippen LogP contribution in [0.15, 0.2) is 60.7 Å². The fraction of sp³-hybridized carbons (Fsp3) is 0.458. The van der Waals surface area contributed by atoms with Crippen LogP contribution in [0.5, 0.6) is 0 Å². The predicted octanol–water partition coefficient (Wildman–Crippen LogP) is 5.38. The zero-order chi connectivity index (χ0) is 21.3. The summed E-state index contributed by atoms with van der Waals surface area (Å²) in [4.78, 5) is 11.9. The topological polar surface area (TPSA) is 44.8 Å². The monoisotopic (exact) mass is 414 g/mol. The third kappa shape index (κ3) is 7.51. The number of hydrogen-bond acceptors (Lipinski definition) is 4. The fourth-order valence-corrected chi connectivity index (χ4v) is 3.93. The van der Waals surface area contributed by atoms with E-state index in [-0.39, 0.29) is 5.04 Å². The molecule has 0 fully saturated rings. The van der Waals surface area contributed by atoms with Gasteiger partial charge in [-0.05, 0) is 29.3 Å². The van der Waals surface area contributed by atoms with Crippen LogP contribution in [0.25, 0.3) is 0 Å². The lowest BCUT2D eigenvalue weighted by molar-refractivity contribution is -0.130. The van der Waals surface area contributed by atoms with E-state index in [1.54, 1.807) is 0 Å². The number of carbonyl (C=O) groups excluding carboxylic acids is 1. The van der Waals surface area contributed by atoms with Gasteiger partial charge >= 0.3 is 0 Å². The normalized spacial score (nSPS) is 14.4. The summed E-state index contributed by atoms with van der Waals surface area (Å²) in [5.74, 6) is 0. The Hall–Kier alpha value is -1.79. The van der Waals surface area contributed by atoms with E-state index in [4.69, 9.17) is 13.9 Å². The van der Waals surface area contributed by atoms with E-state index in [1.807, 2.05) is 60.7 Å². The molecule has 0 aliphatic heterocycles. The number of aldehydes is 1. The highest BCUT2D eigenvalue weighted by molar-refractivity contribution is 6.74. The SMILES string of the molecule is CC(C)(C)[Si](C)(C)O[C@H](COCc1ccccc1)[C@@H](C=O)OCc1ccccc1. The van der Waals surface area contributed by atoms with Crippen LogP contribution < -0.4 is 0 Å². The van der Waals surface area contributed by atoms with Crippen molar-refractivity contribution in [2.24, 2.45) is 0 Å². The minimum atomic E-state index is -2.10. The van der Waals surface area contributed by atoms with Gasteiger partial charge in [0, 0.05) is 0 Å². The van der Waals surface area contributed by atoms with Crippen LogP contribution in [-0.2, 0) is 31.9 Å². The predicted molar refractivity (Wildman–Crippen MR) is 119 cm³/mol. The summed E-state index contributed by atoms with van der Waals surface area (Å²) in [6.07, 6.45) is -0.284. The van der Waals surface area contributed by atoms with Crippen LogP contribution in [0.4, 0.5) is 0 Å². The standard InChI is InChI=1S/C24H34O4Si/c1-24(2,3)29(4,5)28-23(19-26-17-20-12-8-6-9-13-20)22(16-25)27-18-21-14-10-7-11-15-21/h6-16,22-23H,17-19H2,1-5H3/t22-,23-/m1/s1. The average molecular weight is 415 g/mol. The number of carbonyl (C=O) groups is 1. The van der Waals surface area contributed by atoms with E-state index in [0.717, 1.165) is 17.4 Å². The molecule has 2 atom stereocenters. The quantitative estimate of drug-likeness (QED) is 0.366. The Morgan fingerprint density at radius 3 is 1.90 bits per heavy atom. The number of rotatable bonds is 11.